The summed E-state index contributed by atoms with van der Waals surface area (Å²) in [6, 6.07) is 0.508. The average Bonchev–Trinajstić information content (AvgIpc) is 2.00. The topological polar surface area (TPSA) is 41.6 Å². The second-order valence-electron chi connectivity index (χ2n) is 3.80. The Balaban J connectivity index is 2.06. The van der Waals surface area contributed by atoms with Gasteiger partial charge in [0.1, 0.15) is 0 Å². The van der Waals surface area contributed by atoms with Gasteiger partial charge in [0.05, 0.1) is 13.2 Å². The molecule has 4 heteroatoms. The van der Waals surface area contributed by atoms with Gasteiger partial charge in [0, 0.05) is 19.1 Å². The Morgan fingerprint density at radius 2 is 2.29 bits per heavy atom. The van der Waals surface area contributed by atoms with Crippen molar-refractivity contribution >= 4 is 5.97 Å². The minimum atomic E-state index is -0.104. The molecule has 0 spiro atoms. The Labute approximate surface area is 85.6 Å². The molecule has 1 aliphatic heterocycles. The summed E-state index contributed by atoms with van der Waals surface area (Å²) in [5.41, 5.74) is 0. The molecule has 82 valence electrons. The van der Waals surface area contributed by atoms with Crippen molar-refractivity contribution in [2.45, 2.75) is 25.8 Å². The van der Waals surface area contributed by atoms with Crippen LogP contribution < -0.4 is 5.32 Å². The molecule has 0 saturated carbocycles. The average molecular weight is 200 g/mol. The maximum absolute atomic E-state index is 11.3. The molecule has 0 aliphatic carbocycles. The van der Waals surface area contributed by atoms with E-state index in [4.69, 9.17) is 4.74 Å². The summed E-state index contributed by atoms with van der Waals surface area (Å²) in [5, 5.41) is 3.17. The van der Waals surface area contributed by atoms with Gasteiger partial charge in [0.15, 0.2) is 0 Å². The minimum Gasteiger partial charge on any atom is -0.465 e. The molecular weight excluding hydrogens is 180 g/mol. The first-order valence-electron chi connectivity index (χ1n) is 5.30. The second-order valence-corrected chi connectivity index (χ2v) is 3.80. The summed E-state index contributed by atoms with van der Waals surface area (Å²) < 4.78 is 5.07. The predicted octanol–water partition coefficient (Wildman–Crippen LogP) is 0.233. The summed E-state index contributed by atoms with van der Waals surface area (Å²) in [6.07, 6.45) is 2.02. The second kappa shape index (κ2) is 5.98. The van der Waals surface area contributed by atoms with E-state index < -0.39 is 0 Å². The molecule has 0 aromatic carbocycles. The van der Waals surface area contributed by atoms with Crippen LogP contribution in [0.15, 0.2) is 0 Å². The van der Waals surface area contributed by atoms with Gasteiger partial charge in [-0.2, -0.15) is 0 Å². The van der Waals surface area contributed by atoms with E-state index >= 15 is 0 Å². The summed E-state index contributed by atoms with van der Waals surface area (Å²) >= 11 is 0. The first-order valence-corrected chi connectivity index (χ1v) is 5.30. The molecule has 14 heavy (non-hydrogen) atoms. The number of hydrogen-bond donors (Lipinski definition) is 1. The Morgan fingerprint density at radius 1 is 1.57 bits per heavy atom. The first kappa shape index (κ1) is 11.5. The van der Waals surface area contributed by atoms with Crippen molar-refractivity contribution in [3.8, 4) is 0 Å². The van der Waals surface area contributed by atoms with Crippen LogP contribution in [0.25, 0.3) is 0 Å². The molecule has 1 rings (SSSR count). The third-order valence-electron chi connectivity index (χ3n) is 2.52. The Bertz CT molecular complexity index is 181. The lowest BCUT2D eigenvalue weighted by molar-refractivity contribution is -0.145. The Kier molecular flexibility index (Phi) is 4.90. The zero-order valence-corrected chi connectivity index (χ0v) is 9.08. The molecular formula is C10H20N2O2. The molecule has 0 atom stereocenters. The highest BCUT2D eigenvalue weighted by Crippen LogP contribution is 2.01. The number of esters is 1. The molecule has 1 saturated heterocycles. The maximum Gasteiger partial charge on any atom is 0.320 e. The fourth-order valence-electron chi connectivity index (χ4n) is 1.29. The van der Waals surface area contributed by atoms with E-state index in [2.05, 4.69) is 12.2 Å². The quantitative estimate of drug-likeness (QED) is 0.492. The molecule has 1 aliphatic rings. The third-order valence-corrected chi connectivity index (χ3v) is 2.52. The molecule has 1 fully saturated rings. The van der Waals surface area contributed by atoms with Crippen molar-refractivity contribution in [2.75, 3.05) is 33.3 Å². The van der Waals surface area contributed by atoms with E-state index in [9.17, 15) is 4.79 Å². The molecule has 4 nitrogen and oxygen atoms in total. The number of hydrogen-bond acceptors (Lipinski definition) is 4. The van der Waals surface area contributed by atoms with Crippen LogP contribution in [-0.2, 0) is 9.53 Å². The Morgan fingerprint density at radius 3 is 2.79 bits per heavy atom. The number of likely N-dealkylation sites (N-methyl/N-ethyl adjacent to an activating group) is 1. The number of unbranched alkanes of at least 4 members (excludes halogenated alkanes) is 1. The minimum absolute atomic E-state index is 0.104. The van der Waals surface area contributed by atoms with Crippen LogP contribution in [0.4, 0.5) is 0 Å². The van der Waals surface area contributed by atoms with E-state index in [-0.39, 0.29) is 5.97 Å². The van der Waals surface area contributed by atoms with Gasteiger partial charge in [-0.15, -0.1) is 0 Å². The number of nitrogens with zero attached hydrogens (tertiary/aromatic N) is 1. The van der Waals surface area contributed by atoms with Crippen molar-refractivity contribution in [1.29, 1.82) is 0 Å². The lowest BCUT2D eigenvalue weighted by Gasteiger charge is -2.34. The van der Waals surface area contributed by atoms with Gasteiger partial charge in [-0.3, -0.25) is 9.69 Å². The highest BCUT2D eigenvalue weighted by Gasteiger charge is 2.23. The fraction of sp³-hybridized carbons (Fsp3) is 0.900. The number of rotatable bonds is 6. The molecule has 1 N–H and O–H groups in total. The van der Waals surface area contributed by atoms with Crippen LogP contribution in [0.5, 0.6) is 0 Å². The fourth-order valence-corrected chi connectivity index (χ4v) is 1.29. The van der Waals surface area contributed by atoms with Crippen molar-refractivity contribution in [3.63, 3.8) is 0 Å². The van der Waals surface area contributed by atoms with Gasteiger partial charge in [-0.1, -0.05) is 13.3 Å². The van der Waals surface area contributed by atoms with Crippen LogP contribution in [0.3, 0.4) is 0 Å². The maximum atomic E-state index is 11.3. The van der Waals surface area contributed by atoms with Gasteiger partial charge in [0.2, 0.25) is 0 Å². The van der Waals surface area contributed by atoms with Crippen molar-refractivity contribution in [3.05, 3.63) is 0 Å². The molecule has 1 heterocycles. The number of nitrogens with one attached hydrogen (secondary N) is 1. The zero-order chi connectivity index (χ0) is 10.4. The van der Waals surface area contributed by atoms with Crippen molar-refractivity contribution < 1.29 is 9.53 Å². The van der Waals surface area contributed by atoms with E-state index in [1.54, 1.807) is 0 Å². The lowest BCUT2D eigenvalue weighted by atomic mass is 10.1. The normalized spacial score (nSPS) is 16.8. The van der Waals surface area contributed by atoms with Crippen molar-refractivity contribution in [2.24, 2.45) is 0 Å². The molecule has 0 unspecified atom stereocenters. The largest absolute Gasteiger partial charge is 0.465 e. The SMILES string of the molecule is CCCCOC(=O)CN(C)C1CNC1. The smallest absolute Gasteiger partial charge is 0.320 e. The highest BCUT2D eigenvalue weighted by molar-refractivity contribution is 5.71. The predicted molar refractivity (Wildman–Crippen MR) is 55.2 cm³/mol. The standard InChI is InChI=1S/C10H20N2O2/c1-3-4-5-14-10(13)8-12(2)9-6-11-7-9/h9,11H,3-8H2,1-2H3. The molecule has 0 amide bonds. The lowest BCUT2D eigenvalue weighted by Crippen LogP contribution is -2.56. The summed E-state index contributed by atoms with van der Waals surface area (Å²) in [6.45, 7) is 5.03. The van der Waals surface area contributed by atoms with Gasteiger partial charge in [0.25, 0.3) is 0 Å². The van der Waals surface area contributed by atoms with Crippen LogP contribution in [0.1, 0.15) is 19.8 Å². The van der Waals surface area contributed by atoms with Crippen molar-refractivity contribution in [1.82, 2.24) is 10.2 Å². The third kappa shape index (κ3) is 3.64. The van der Waals surface area contributed by atoms with Gasteiger partial charge in [-0.25, -0.2) is 0 Å². The summed E-state index contributed by atoms with van der Waals surface area (Å²) in [4.78, 5) is 13.3. The van der Waals surface area contributed by atoms with Crippen LogP contribution in [-0.4, -0.2) is 50.2 Å². The van der Waals surface area contributed by atoms with Gasteiger partial charge in [-0.05, 0) is 13.5 Å². The van der Waals surface area contributed by atoms with E-state index in [0.717, 1.165) is 25.9 Å². The van der Waals surface area contributed by atoms with E-state index in [0.29, 0.717) is 19.2 Å². The van der Waals surface area contributed by atoms with Gasteiger partial charge < -0.3 is 10.1 Å². The van der Waals surface area contributed by atoms with Crippen LogP contribution in [0, 0.1) is 0 Å². The number of ether oxygens (including phenoxy) is 1. The molecule has 0 aromatic heterocycles. The summed E-state index contributed by atoms with van der Waals surface area (Å²) in [5.74, 6) is -0.104. The zero-order valence-electron chi connectivity index (χ0n) is 9.08. The van der Waals surface area contributed by atoms with Crippen LogP contribution in [0.2, 0.25) is 0 Å². The number of carbonyl (C=O) groups excluding carboxylic acids is 1. The molecule has 0 bridgehead atoms. The van der Waals surface area contributed by atoms with Gasteiger partial charge >= 0.3 is 5.97 Å². The summed E-state index contributed by atoms with van der Waals surface area (Å²) in [7, 11) is 1.96. The van der Waals surface area contributed by atoms with Crippen LogP contribution >= 0.6 is 0 Å². The van der Waals surface area contributed by atoms with E-state index in [1.807, 2.05) is 11.9 Å². The highest BCUT2D eigenvalue weighted by atomic mass is 16.5. The monoisotopic (exact) mass is 200 g/mol. The molecule has 0 aromatic rings. The number of carbonyl (C=O) groups is 1. The molecule has 0 radical (unpaired) electrons. The Hall–Kier alpha value is -0.610. The van der Waals surface area contributed by atoms with E-state index in [1.165, 1.54) is 0 Å². The first-order chi connectivity index (χ1) is 6.74.